The van der Waals surface area contributed by atoms with Crippen LogP contribution in [0.1, 0.15) is 32.8 Å². The number of nitrogens with zero attached hydrogens (tertiary/aromatic N) is 2. The van der Waals surface area contributed by atoms with Crippen molar-refractivity contribution in [2.75, 3.05) is 31.6 Å². The summed E-state index contributed by atoms with van der Waals surface area (Å²) in [6, 6.07) is 7.28. The normalized spacial score (nSPS) is 20.9. The zero-order chi connectivity index (χ0) is 15.4. The molecule has 0 aliphatic carbocycles. The molecule has 4 heteroatoms. The minimum Gasteiger partial charge on any atom is -0.367 e. The zero-order valence-corrected chi connectivity index (χ0v) is 14.5. The number of benzene rings is 1. The highest BCUT2D eigenvalue weighted by Gasteiger charge is 2.22. The highest BCUT2D eigenvalue weighted by Crippen LogP contribution is 2.28. The predicted octanol–water partition coefficient (Wildman–Crippen LogP) is 3.37. The van der Waals surface area contributed by atoms with Crippen molar-refractivity contribution < 1.29 is 0 Å². The molecule has 0 aromatic heterocycles. The molecule has 118 valence electrons. The first-order valence-corrected chi connectivity index (χ1v) is 8.32. The van der Waals surface area contributed by atoms with Crippen molar-refractivity contribution in [2.24, 2.45) is 0 Å². The molecular weight excluding hydrogens is 282 g/mol. The lowest BCUT2D eigenvalue weighted by atomic mass is 10.1. The van der Waals surface area contributed by atoms with Gasteiger partial charge in [0, 0.05) is 42.4 Å². The molecular formula is C17H28ClN3. The van der Waals surface area contributed by atoms with Crippen LogP contribution in [0, 0.1) is 0 Å². The molecule has 1 aliphatic rings. The van der Waals surface area contributed by atoms with Gasteiger partial charge in [-0.3, -0.25) is 0 Å². The number of nitrogens with one attached hydrogen (secondary N) is 1. The van der Waals surface area contributed by atoms with E-state index in [9.17, 15) is 0 Å². The third kappa shape index (κ3) is 4.60. The summed E-state index contributed by atoms with van der Waals surface area (Å²) < 4.78 is 0. The fourth-order valence-corrected chi connectivity index (χ4v) is 3.16. The third-order valence-electron chi connectivity index (χ3n) is 4.10. The maximum atomic E-state index is 6.26. The van der Waals surface area contributed by atoms with Gasteiger partial charge in [-0.2, -0.15) is 0 Å². The van der Waals surface area contributed by atoms with E-state index >= 15 is 0 Å². The van der Waals surface area contributed by atoms with Crippen molar-refractivity contribution in [2.45, 2.75) is 45.8 Å². The quantitative estimate of drug-likeness (QED) is 0.920. The van der Waals surface area contributed by atoms with Crippen LogP contribution in [-0.4, -0.2) is 43.7 Å². The van der Waals surface area contributed by atoms with Gasteiger partial charge in [-0.1, -0.05) is 31.5 Å². The Morgan fingerprint density at radius 2 is 2.10 bits per heavy atom. The molecule has 21 heavy (non-hydrogen) atoms. The standard InChI is InChI=1S/C17H28ClN3/c1-13(2)19-11-15-6-7-16(18)10-17(15)21-9-5-8-20(4)12-14(21)3/h6-7,10,13-14,19H,5,8-9,11-12H2,1-4H3. The number of likely N-dealkylation sites (N-methyl/N-ethyl adjacent to an activating group) is 1. The Hall–Kier alpha value is -0.770. The number of hydrogen-bond donors (Lipinski definition) is 1. The van der Waals surface area contributed by atoms with Crippen LogP contribution < -0.4 is 10.2 Å². The van der Waals surface area contributed by atoms with Crippen molar-refractivity contribution in [3.05, 3.63) is 28.8 Å². The van der Waals surface area contributed by atoms with Gasteiger partial charge in [-0.15, -0.1) is 0 Å². The van der Waals surface area contributed by atoms with Crippen LogP contribution >= 0.6 is 11.6 Å². The van der Waals surface area contributed by atoms with E-state index in [0.717, 1.165) is 24.7 Å². The summed E-state index contributed by atoms with van der Waals surface area (Å²) in [5, 5.41) is 4.34. The Kier molecular flexibility index (Phi) is 5.91. The fourth-order valence-electron chi connectivity index (χ4n) is 3.00. The Morgan fingerprint density at radius 1 is 1.33 bits per heavy atom. The second kappa shape index (κ2) is 7.48. The zero-order valence-electron chi connectivity index (χ0n) is 13.7. The highest BCUT2D eigenvalue weighted by molar-refractivity contribution is 6.30. The average Bonchev–Trinajstić information content (AvgIpc) is 2.57. The summed E-state index contributed by atoms with van der Waals surface area (Å²) in [6.45, 7) is 10.9. The molecule has 3 nitrogen and oxygen atoms in total. The van der Waals surface area contributed by atoms with E-state index in [1.54, 1.807) is 0 Å². The summed E-state index contributed by atoms with van der Waals surface area (Å²) in [6.07, 6.45) is 1.20. The van der Waals surface area contributed by atoms with Gasteiger partial charge >= 0.3 is 0 Å². The Morgan fingerprint density at radius 3 is 2.81 bits per heavy atom. The van der Waals surface area contributed by atoms with Crippen LogP contribution in [0.15, 0.2) is 18.2 Å². The van der Waals surface area contributed by atoms with Crippen LogP contribution in [0.3, 0.4) is 0 Å². The van der Waals surface area contributed by atoms with Gasteiger partial charge in [0.1, 0.15) is 0 Å². The van der Waals surface area contributed by atoms with Crippen LogP contribution in [0.25, 0.3) is 0 Å². The van der Waals surface area contributed by atoms with E-state index < -0.39 is 0 Å². The van der Waals surface area contributed by atoms with Crippen LogP contribution in [0.2, 0.25) is 5.02 Å². The van der Waals surface area contributed by atoms with E-state index in [4.69, 9.17) is 11.6 Å². The average molecular weight is 310 g/mol. The molecule has 1 aromatic rings. The van der Waals surface area contributed by atoms with Crippen molar-refractivity contribution in [1.29, 1.82) is 0 Å². The summed E-state index contributed by atoms with van der Waals surface area (Å²) >= 11 is 6.26. The first-order chi connectivity index (χ1) is 9.97. The van der Waals surface area contributed by atoms with E-state index in [1.807, 2.05) is 6.07 Å². The molecule has 1 fully saturated rings. The summed E-state index contributed by atoms with van der Waals surface area (Å²) in [5.41, 5.74) is 2.63. The van der Waals surface area contributed by atoms with Crippen molar-refractivity contribution in [3.63, 3.8) is 0 Å². The molecule has 1 unspecified atom stereocenters. The largest absolute Gasteiger partial charge is 0.367 e. The highest BCUT2D eigenvalue weighted by atomic mass is 35.5. The Balaban J connectivity index is 2.25. The summed E-state index contributed by atoms with van der Waals surface area (Å²) in [5.74, 6) is 0. The molecule has 0 spiro atoms. The van der Waals surface area contributed by atoms with E-state index in [2.05, 4.69) is 55.1 Å². The smallest absolute Gasteiger partial charge is 0.0429 e. The topological polar surface area (TPSA) is 18.5 Å². The second-order valence-corrected chi connectivity index (χ2v) is 6.90. The van der Waals surface area contributed by atoms with Gasteiger partial charge in [0.25, 0.3) is 0 Å². The van der Waals surface area contributed by atoms with Gasteiger partial charge in [0.2, 0.25) is 0 Å². The summed E-state index contributed by atoms with van der Waals surface area (Å²) in [7, 11) is 2.21. The second-order valence-electron chi connectivity index (χ2n) is 6.47. The van der Waals surface area contributed by atoms with Crippen LogP contribution in [0.5, 0.6) is 0 Å². The van der Waals surface area contributed by atoms with Gasteiger partial charge in [-0.25, -0.2) is 0 Å². The Bertz CT molecular complexity index is 461. The number of halogens is 1. The van der Waals surface area contributed by atoms with Gasteiger partial charge < -0.3 is 15.1 Å². The molecule has 0 saturated carbocycles. The van der Waals surface area contributed by atoms with Gasteiger partial charge in [0.15, 0.2) is 0 Å². The SMILES string of the molecule is CC(C)NCc1ccc(Cl)cc1N1CCCN(C)CC1C. The minimum atomic E-state index is 0.487. The first kappa shape index (κ1) is 16.6. The molecule has 1 saturated heterocycles. The van der Waals surface area contributed by atoms with Crippen molar-refractivity contribution >= 4 is 17.3 Å². The third-order valence-corrected chi connectivity index (χ3v) is 4.34. The maximum absolute atomic E-state index is 6.26. The molecule has 0 bridgehead atoms. The molecule has 0 amide bonds. The maximum Gasteiger partial charge on any atom is 0.0429 e. The fraction of sp³-hybridized carbons (Fsp3) is 0.647. The van der Waals surface area contributed by atoms with E-state index in [-0.39, 0.29) is 0 Å². The lowest BCUT2D eigenvalue weighted by Gasteiger charge is -2.32. The van der Waals surface area contributed by atoms with Crippen molar-refractivity contribution in [1.82, 2.24) is 10.2 Å². The molecule has 1 aliphatic heterocycles. The first-order valence-electron chi connectivity index (χ1n) is 7.94. The molecule has 1 heterocycles. The minimum absolute atomic E-state index is 0.487. The molecule has 1 aromatic carbocycles. The van der Waals surface area contributed by atoms with Crippen LogP contribution in [-0.2, 0) is 6.54 Å². The van der Waals surface area contributed by atoms with E-state index in [1.165, 1.54) is 24.2 Å². The molecule has 1 atom stereocenters. The monoisotopic (exact) mass is 309 g/mol. The van der Waals surface area contributed by atoms with Crippen molar-refractivity contribution in [3.8, 4) is 0 Å². The Labute approximate surface area is 134 Å². The lowest BCUT2D eigenvalue weighted by molar-refractivity contribution is 0.337. The lowest BCUT2D eigenvalue weighted by Crippen LogP contribution is -2.38. The summed E-state index contributed by atoms with van der Waals surface area (Å²) in [4.78, 5) is 4.94. The predicted molar refractivity (Wildman–Crippen MR) is 92.3 cm³/mol. The molecule has 1 N–H and O–H groups in total. The van der Waals surface area contributed by atoms with Gasteiger partial charge in [-0.05, 0) is 44.6 Å². The number of hydrogen-bond acceptors (Lipinski definition) is 3. The molecule has 0 radical (unpaired) electrons. The van der Waals surface area contributed by atoms with Crippen LogP contribution in [0.4, 0.5) is 5.69 Å². The number of anilines is 1. The van der Waals surface area contributed by atoms with Gasteiger partial charge in [0.05, 0.1) is 0 Å². The molecule has 2 rings (SSSR count). The number of rotatable bonds is 4. The van der Waals surface area contributed by atoms with E-state index in [0.29, 0.717) is 12.1 Å².